The van der Waals surface area contributed by atoms with Crippen LogP contribution in [0.2, 0.25) is 0 Å². The molecule has 0 N–H and O–H groups in total. The molecule has 0 aliphatic carbocycles. The van der Waals surface area contributed by atoms with Crippen LogP contribution < -0.4 is 31.8 Å². The Labute approximate surface area is 285 Å². The van der Waals surface area contributed by atoms with Crippen molar-refractivity contribution in [3.8, 4) is 11.1 Å². The summed E-state index contributed by atoms with van der Waals surface area (Å²) in [5.74, 6) is 0. The largest absolute Gasteiger partial charge is 0.113 e. The zero-order valence-electron chi connectivity index (χ0n) is 27.4. The van der Waals surface area contributed by atoms with Crippen LogP contribution in [0.15, 0.2) is 194 Å². The maximum atomic E-state index is 2.53. The molecule has 8 aromatic rings. The van der Waals surface area contributed by atoms with Crippen LogP contribution in [-0.2, 0) is 0 Å². The van der Waals surface area contributed by atoms with Gasteiger partial charge < -0.3 is 0 Å². The van der Waals surface area contributed by atoms with E-state index in [1.54, 1.807) is 0 Å². The van der Waals surface area contributed by atoms with Gasteiger partial charge in [0.1, 0.15) is 46.4 Å². The molecule has 0 bridgehead atoms. The second-order valence-electron chi connectivity index (χ2n) is 12.7. The van der Waals surface area contributed by atoms with Crippen molar-refractivity contribution in [2.24, 2.45) is 0 Å². The molecule has 0 heterocycles. The van der Waals surface area contributed by atoms with E-state index in [1.165, 1.54) is 64.5 Å². The van der Waals surface area contributed by atoms with Crippen molar-refractivity contribution in [3.63, 3.8) is 0 Å². The third-order valence-corrected chi connectivity index (χ3v) is 18.1. The highest BCUT2D eigenvalue weighted by Crippen LogP contribution is 2.58. The third-order valence-electron chi connectivity index (χ3n) is 10.1. The van der Waals surface area contributed by atoms with Crippen LogP contribution in [0.25, 0.3) is 32.7 Å². The highest BCUT2D eigenvalue weighted by atomic mass is 31.2. The predicted molar refractivity (Wildman–Crippen MR) is 216 cm³/mol. The first-order valence-electron chi connectivity index (χ1n) is 16.6. The Morgan fingerprint density at radius 3 is 0.854 bits per heavy atom. The summed E-state index contributed by atoms with van der Waals surface area (Å²) in [6, 6.07) is 72.5. The SMILES string of the molecule is C[P+](c1ccccc1)(c1ccccc1)c1ccc2ccccc2c1-c1c([P+](C)(c2ccccc2)c2ccccc2)ccc2ccccc12. The Balaban J connectivity index is 1.58. The molecule has 0 radical (unpaired) electrons. The summed E-state index contributed by atoms with van der Waals surface area (Å²) in [5, 5.41) is 13.5. The zero-order chi connectivity index (χ0) is 32.6. The molecule has 0 aliphatic heterocycles. The van der Waals surface area contributed by atoms with Gasteiger partial charge in [-0.3, -0.25) is 0 Å². The monoisotopic (exact) mass is 652 g/mol. The summed E-state index contributed by atoms with van der Waals surface area (Å²) in [5.41, 5.74) is 2.73. The van der Waals surface area contributed by atoms with E-state index in [0.29, 0.717) is 0 Å². The van der Waals surface area contributed by atoms with E-state index < -0.39 is 14.5 Å². The molecule has 0 aromatic heterocycles. The van der Waals surface area contributed by atoms with Gasteiger partial charge in [0.25, 0.3) is 0 Å². The molecule has 48 heavy (non-hydrogen) atoms. The Morgan fingerprint density at radius 1 is 0.271 bits per heavy atom. The van der Waals surface area contributed by atoms with Crippen LogP contribution in [0.4, 0.5) is 0 Å². The summed E-state index contributed by atoms with van der Waals surface area (Å²) >= 11 is 0. The lowest BCUT2D eigenvalue weighted by molar-refractivity contribution is 1.70. The number of hydrogen-bond donors (Lipinski definition) is 0. The van der Waals surface area contributed by atoms with Crippen LogP contribution in [0.1, 0.15) is 0 Å². The van der Waals surface area contributed by atoms with Crippen LogP contribution in [0, 0.1) is 0 Å². The standard InChI is InChI=1S/C46H38P2/c1-47(37-21-7-3-8-22-37,38-23-9-4-10-24-38)43-33-31-35-19-15-17-29-41(35)45(43)46-42-30-18-16-20-36(42)32-34-44(46)48(2,39-25-11-5-12-26-39)40-27-13-6-14-28-40/h3-34H,1-2H3/q+2. The summed E-state index contributed by atoms with van der Waals surface area (Å²) in [7, 11) is -4.23. The van der Waals surface area contributed by atoms with Gasteiger partial charge in [-0.15, -0.1) is 0 Å². The fourth-order valence-corrected chi connectivity index (χ4v) is 14.4. The Morgan fingerprint density at radius 2 is 0.542 bits per heavy atom. The quantitative estimate of drug-likeness (QED) is 0.151. The molecule has 0 saturated carbocycles. The fourth-order valence-electron chi connectivity index (χ4n) is 7.55. The Hall–Kier alpha value is -4.86. The van der Waals surface area contributed by atoms with Gasteiger partial charge in [0.05, 0.1) is 13.3 Å². The van der Waals surface area contributed by atoms with Crippen molar-refractivity contribution in [2.75, 3.05) is 13.3 Å². The van der Waals surface area contributed by atoms with E-state index >= 15 is 0 Å². The van der Waals surface area contributed by atoms with E-state index in [2.05, 4.69) is 207 Å². The summed E-state index contributed by atoms with van der Waals surface area (Å²) in [4.78, 5) is 0. The molecule has 8 aromatic carbocycles. The topological polar surface area (TPSA) is 0 Å². The van der Waals surface area contributed by atoms with E-state index in [4.69, 9.17) is 0 Å². The fraction of sp³-hybridized carbons (Fsp3) is 0.0435. The van der Waals surface area contributed by atoms with Crippen molar-refractivity contribution in [3.05, 3.63) is 194 Å². The lowest BCUT2D eigenvalue weighted by Crippen LogP contribution is -2.34. The number of fused-ring (bicyclic) bond motifs is 2. The van der Waals surface area contributed by atoms with Crippen molar-refractivity contribution in [1.29, 1.82) is 0 Å². The minimum absolute atomic E-state index is 1.27. The molecular weight excluding hydrogens is 614 g/mol. The maximum Gasteiger partial charge on any atom is 0.113 e. The molecule has 0 fully saturated rings. The minimum Gasteiger partial charge on any atom is -0.0620 e. The normalized spacial score (nSPS) is 12.0. The molecule has 0 aliphatic rings. The molecule has 0 atom stereocenters. The van der Waals surface area contributed by atoms with Crippen LogP contribution >= 0.6 is 14.5 Å². The maximum absolute atomic E-state index is 2.53. The van der Waals surface area contributed by atoms with Crippen LogP contribution in [0.5, 0.6) is 0 Å². The molecule has 0 saturated heterocycles. The van der Waals surface area contributed by atoms with Crippen molar-refractivity contribution in [1.82, 2.24) is 0 Å². The predicted octanol–water partition coefficient (Wildman–Crippen LogP) is 9.51. The van der Waals surface area contributed by atoms with Crippen molar-refractivity contribution >= 4 is 67.9 Å². The Kier molecular flexibility index (Phi) is 8.02. The van der Waals surface area contributed by atoms with Gasteiger partial charge in [-0.25, -0.2) is 0 Å². The van der Waals surface area contributed by atoms with Crippen LogP contribution in [-0.4, -0.2) is 13.3 Å². The first-order chi connectivity index (χ1) is 23.6. The second kappa shape index (κ2) is 12.6. The zero-order valence-corrected chi connectivity index (χ0v) is 29.2. The number of hydrogen-bond acceptors (Lipinski definition) is 0. The summed E-state index contributed by atoms with van der Waals surface area (Å²) < 4.78 is 0. The molecule has 8 rings (SSSR count). The van der Waals surface area contributed by atoms with Crippen LogP contribution in [0.3, 0.4) is 0 Å². The molecule has 0 spiro atoms. The molecular formula is C46H38P2+2. The first-order valence-corrected chi connectivity index (χ1v) is 21.1. The minimum atomic E-state index is -2.12. The summed E-state index contributed by atoms with van der Waals surface area (Å²) in [6.45, 7) is 5.05. The average Bonchev–Trinajstić information content (AvgIpc) is 3.18. The second-order valence-corrected chi connectivity index (χ2v) is 19.8. The van der Waals surface area contributed by atoms with E-state index in [1.807, 2.05) is 0 Å². The van der Waals surface area contributed by atoms with Gasteiger partial charge >= 0.3 is 0 Å². The van der Waals surface area contributed by atoms with Crippen molar-refractivity contribution in [2.45, 2.75) is 0 Å². The summed E-state index contributed by atoms with van der Waals surface area (Å²) in [6.07, 6.45) is 0. The highest BCUT2D eigenvalue weighted by molar-refractivity contribution is 7.96. The average molecular weight is 653 g/mol. The molecule has 2 heteroatoms. The van der Waals surface area contributed by atoms with Gasteiger partial charge in [-0.1, -0.05) is 133 Å². The third kappa shape index (κ3) is 5.00. The molecule has 230 valence electrons. The van der Waals surface area contributed by atoms with Gasteiger partial charge in [0.2, 0.25) is 0 Å². The lowest BCUT2D eigenvalue weighted by atomic mass is 9.93. The number of benzene rings is 8. The van der Waals surface area contributed by atoms with Gasteiger partial charge in [-0.2, -0.15) is 0 Å². The smallest absolute Gasteiger partial charge is 0.0620 e. The van der Waals surface area contributed by atoms with Gasteiger partial charge in [-0.05, 0) is 82.2 Å². The molecule has 0 nitrogen and oxygen atoms in total. The molecule has 0 amide bonds. The Bertz CT molecular complexity index is 2100. The van der Waals surface area contributed by atoms with E-state index in [0.717, 1.165) is 0 Å². The highest BCUT2D eigenvalue weighted by Gasteiger charge is 2.47. The lowest BCUT2D eigenvalue weighted by Gasteiger charge is -2.30. The van der Waals surface area contributed by atoms with E-state index in [-0.39, 0.29) is 0 Å². The van der Waals surface area contributed by atoms with Crippen molar-refractivity contribution < 1.29 is 0 Å². The first kappa shape index (κ1) is 30.5. The molecule has 0 unspecified atom stereocenters. The number of rotatable bonds is 7. The van der Waals surface area contributed by atoms with Gasteiger partial charge in [0, 0.05) is 11.1 Å². The van der Waals surface area contributed by atoms with E-state index in [9.17, 15) is 0 Å². The van der Waals surface area contributed by atoms with Gasteiger partial charge in [0.15, 0.2) is 0 Å².